The molecule has 0 aliphatic carbocycles. The molecule has 0 radical (unpaired) electrons. The summed E-state index contributed by atoms with van der Waals surface area (Å²) in [6, 6.07) is 14.8. The van der Waals surface area contributed by atoms with Gasteiger partial charge in [0.15, 0.2) is 5.78 Å². The zero-order valence-corrected chi connectivity index (χ0v) is 14.0. The van der Waals surface area contributed by atoms with E-state index >= 15 is 0 Å². The summed E-state index contributed by atoms with van der Waals surface area (Å²) in [6.07, 6.45) is -0.543. The van der Waals surface area contributed by atoms with Gasteiger partial charge in [0.2, 0.25) is 5.91 Å². The molecule has 132 valence electrons. The molecule has 2 aliphatic rings. The van der Waals surface area contributed by atoms with Crippen LogP contribution >= 0.6 is 0 Å². The lowest BCUT2D eigenvalue weighted by Crippen LogP contribution is -2.46. The predicted octanol–water partition coefficient (Wildman–Crippen LogP) is 1.49. The van der Waals surface area contributed by atoms with Crippen molar-refractivity contribution in [3.8, 4) is 0 Å². The molecular formula is C20H18N2O4. The molecule has 0 saturated carbocycles. The molecule has 2 aliphatic heterocycles. The van der Waals surface area contributed by atoms with E-state index in [4.69, 9.17) is 0 Å². The minimum atomic E-state index is -0.742. The van der Waals surface area contributed by atoms with Crippen LogP contribution in [0.3, 0.4) is 0 Å². The van der Waals surface area contributed by atoms with E-state index in [2.05, 4.69) is 0 Å². The van der Waals surface area contributed by atoms with Crippen molar-refractivity contribution >= 4 is 23.3 Å². The van der Waals surface area contributed by atoms with Crippen LogP contribution in [0.5, 0.6) is 0 Å². The molecule has 2 amide bonds. The lowest BCUT2D eigenvalue weighted by atomic mass is 10.1. The highest BCUT2D eigenvalue weighted by molar-refractivity contribution is 6.14. The van der Waals surface area contributed by atoms with Crippen LogP contribution in [-0.4, -0.2) is 52.8 Å². The summed E-state index contributed by atoms with van der Waals surface area (Å²) in [4.78, 5) is 41.5. The Kier molecular flexibility index (Phi) is 4.05. The van der Waals surface area contributed by atoms with E-state index in [-0.39, 0.29) is 37.1 Å². The number of Topliss-reactive ketones (excluding diaryl/α,β-unsaturated/α-hetero) is 1. The molecule has 0 bridgehead atoms. The van der Waals surface area contributed by atoms with Gasteiger partial charge in [0, 0.05) is 18.5 Å². The number of fused-ring (bicyclic) bond motifs is 2. The van der Waals surface area contributed by atoms with Crippen molar-refractivity contribution in [2.45, 2.75) is 18.6 Å². The van der Waals surface area contributed by atoms with Crippen molar-refractivity contribution in [2.75, 3.05) is 18.0 Å². The number of benzene rings is 2. The number of hydrogen-bond donors (Lipinski definition) is 1. The van der Waals surface area contributed by atoms with Gasteiger partial charge in [0.25, 0.3) is 5.91 Å². The molecule has 26 heavy (non-hydrogen) atoms. The molecule has 1 fully saturated rings. The van der Waals surface area contributed by atoms with Gasteiger partial charge in [-0.1, -0.05) is 42.5 Å². The van der Waals surface area contributed by atoms with Gasteiger partial charge in [-0.2, -0.15) is 0 Å². The molecule has 2 heterocycles. The zero-order valence-electron chi connectivity index (χ0n) is 14.0. The molecule has 2 aromatic carbocycles. The van der Waals surface area contributed by atoms with Crippen molar-refractivity contribution in [3.05, 3.63) is 65.7 Å². The number of aliphatic hydroxyl groups excluding tert-OH is 1. The zero-order chi connectivity index (χ0) is 18.3. The number of hydrogen-bond acceptors (Lipinski definition) is 4. The fourth-order valence-electron chi connectivity index (χ4n) is 3.64. The maximum absolute atomic E-state index is 13.1. The largest absolute Gasteiger partial charge is 0.391 e. The SMILES string of the molecule is O=C(CN1C(=O)[C@@H]2C[C@@H](O)CN2C(=O)c2ccccc21)c1ccccc1. The van der Waals surface area contributed by atoms with Crippen LogP contribution in [0.1, 0.15) is 27.1 Å². The maximum Gasteiger partial charge on any atom is 0.256 e. The normalized spacial score (nSPS) is 22.0. The molecule has 1 N–H and O–H groups in total. The third-order valence-corrected chi connectivity index (χ3v) is 4.91. The molecule has 1 saturated heterocycles. The summed E-state index contributed by atoms with van der Waals surface area (Å²) < 4.78 is 0. The van der Waals surface area contributed by atoms with Gasteiger partial charge < -0.3 is 14.9 Å². The van der Waals surface area contributed by atoms with Crippen LogP contribution in [0.15, 0.2) is 54.6 Å². The van der Waals surface area contributed by atoms with E-state index in [0.717, 1.165) is 0 Å². The molecule has 4 rings (SSSR count). The van der Waals surface area contributed by atoms with Gasteiger partial charge in [-0.25, -0.2) is 0 Å². The van der Waals surface area contributed by atoms with Crippen molar-refractivity contribution in [1.82, 2.24) is 4.90 Å². The van der Waals surface area contributed by atoms with Crippen molar-refractivity contribution in [3.63, 3.8) is 0 Å². The number of carbonyl (C=O) groups excluding carboxylic acids is 3. The number of rotatable bonds is 3. The van der Waals surface area contributed by atoms with Gasteiger partial charge in [-0.05, 0) is 12.1 Å². The standard InChI is InChI=1S/C20H18N2O4/c23-14-10-17-20(26)22(12-18(24)13-6-2-1-3-7-13)16-9-5-4-8-15(16)19(25)21(17)11-14/h1-9,14,17,23H,10-12H2/t14-,17+/m1/s1. The number of carbonyl (C=O) groups is 3. The highest BCUT2D eigenvalue weighted by Crippen LogP contribution is 2.32. The Hall–Kier alpha value is -2.99. The lowest BCUT2D eigenvalue weighted by molar-refractivity contribution is -0.122. The molecular weight excluding hydrogens is 332 g/mol. The molecule has 6 nitrogen and oxygen atoms in total. The maximum atomic E-state index is 13.1. The van der Waals surface area contributed by atoms with Crippen LogP contribution in [-0.2, 0) is 4.79 Å². The van der Waals surface area contributed by atoms with Gasteiger partial charge >= 0.3 is 0 Å². The Morgan fingerprint density at radius 3 is 2.50 bits per heavy atom. The lowest BCUT2D eigenvalue weighted by Gasteiger charge is -2.25. The van der Waals surface area contributed by atoms with E-state index < -0.39 is 12.1 Å². The first kappa shape index (κ1) is 16.5. The monoisotopic (exact) mass is 350 g/mol. The molecule has 0 spiro atoms. The number of amides is 2. The van der Waals surface area contributed by atoms with E-state index in [1.165, 1.54) is 9.80 Å². The Morgan fingerprint density at radius 1 is 1.04 bits per heavy atom. The Bertz CT molecular complexity index is 880. The first-order chi connectivity index (χ1) is 12.6. The van der Waals surface area contributed by atoms with Crippen molar-refractivity contribution < 1.29 is 19.5 Å². The summed E-state index contributed by atoms with van der Waals surface area (Å²) in [5.74, 6) is -0.817. The number of ketones is 1. The minimum Gasteiger partial charge on any atom is -0.391 e. The smallest absolute Gasteiger partial charge is 0.256 e. The summed E-state index contributed by atoms with van der Waals surface area (Å²) in [7, 11) is 0. The summed E-state index contributed by atoms with van der Waals surface area (Å²) >= 11 is 0. The number of aliphatic hydroxyl groups is 1. The predicted molar refractivity (Wildman–Crippen MR) is 95.0 cm³/mol. The Labute approximate surface area is 150 Å². The second-order valence-electron chi connectivity index (χ2n) is 6.59. The van der Waals surface area contributed by atoms with Crippen LogP contribution in [0.4, 0.5) is 5.69 Å². The molecule has 0 unspecified atom stereocenters. The van der Waals surface area contributed by atoms with Crippen LogP contribution in [0.25, 0.3) is 0 Å². The quantitative estimate of drug-likeness (QED) is 0.851. The summed E-state index contributed by atoms with van der Waals surface area (Å²) in [6.45, 7) is -0.0162. The third kappa shape index (κ3) is 2.68. The number of para-hydroxylation sites is 1. The Balaban J connectivity index is 1.75. The number of nitrogens with zero attached hydrogens (tertiary/aromatic N) is 2. The molecule has 6 heteroatoms. The fourth-order valence-corrected chi connectivity index (χ4v) is 3.64. The van der Waals surface area contributed by atoms with Crippen molar-refractivity contribution in [2.24, 2.45) is 0 Å². The van der Waals surface area contributed by atoms with Crippen LogP contribution < -0.4 is 4.90 Å². The van der Waals surface area contributed by atoms with Crippen LogP contribution in [0.2, 0.25) is 0 Å². The highest BCUT2D eigenvalue weighted by Gasteiger charge is 2.45. The van der Waals surface area contributed by atoms with Crippen molar-refractivity contribution in [1.29, 1.82) is 0 Å². The van der Waals surface area contributed by atoms with E-state index in [0.29, 0.717) is 16.8 Å². The highest BCUT2D eigenvalue weighted by atomic mass is 16.3. The second kappa shape index (κ2) is 6.38. The van der Waals surface area contributed by atoms with E-state index in [1.54, 1.807) is 48.5 Å². The summed E-state index contributed by atoms with van der Waals surface area (Å²) in [5.41, 5.74) is 1.32. The third-order valence-electron chi connectivity index (χ3n) is 4.91. The van der Waals surface area contributed by atoms with E-state index in [9.17, 15) is 19.5 Å². The Morgan fingerprint density at radius 2 is 1.73 bits per heavy atom. The second-order valence-corrected chi connectivity index (χ2v) is 6.59. The van der Waals surface area contributed by atoms with Gasteiger partial charge in [0.1, 0.15) is 6.04 Å². The topological polar surface area (TPSA) is 77.9 Å². The molecule has 2 aromatic rings. The van der Waals surface area contributed by atoms with E-state index in [1.807, 2.05) is 6.07 Å². The van der Waals surface area contributed by atoms with Gasteiger partial charge in [0.05, 0.1) is 23.9 Å². The average molecular weight is 350 g/mol. The first-order valence-electron chi connectivity index (χ1n) is 8.54. The average Bonchev–Trinajstić information content (AvgIpc) is 3.04. The first-order valence-corrected chi connectivity index (χ1v) is 8.54. The summed E-state index contributed by atoms with van der Waals surface area (Å²) in [5, 5.41) is 9.95. The molecule has 2 atom stereocenters. The molecule has 0 aromatic heterocycles. The van der Waals surface area contributed by atoms with Gasteiger partial charge in [-0.15, -0.1) is 0 Å². The minimum absolute atomic E-state index is 0.129. The number of anilines is 1. The fraction of sp³-hybridized carbons (Fsp3) is 0.250. The van der Waals surface area contributed by atoms with Gasteiger partial charge in [-0.3, -0.25) is 14.4 Å². The van der Waals surface area contributed by atoms with Crippen LogP contribution in [0, 0.1) is 0 Å².